The Morgan fingerprint density at radius 1 is 1.30 bits per heavy atom. The maximum Gasteiger partial charge on any atom is 0.124 e. The van der Waals surface area contributed by atoms with Crippen molar-refractivity contribution in [1.29, 1.82) is 0 Å². The molecule has 1 heterocycles. The molecule has 1 atom stereocenters. The lowest BCUT2D eigenvalue weighted by Crippen LogP contribution is -2.45. The topological polar surface area (TPSA) is 41.7 Å². The van der Waals surface area contributed by atoms with Crippen molar-refractivity contribution >= 4 is 0 Å². The van der Waals surface area contributed by atoms with E-state index in [4.69, 9.17) is 10.5 Å². The van der Waals surface area contributed by atoms with Gasteiger partial charge in [0, 0.05) is 44.3 Å². The van der Waals surface area contributed by atoms with Crippen LogP contribution < -0.4 is 10.5 Å². The number of hydrogen-bond acceptors (Lipinski definition) is 4. The average Bonchev–Trinajstić information content (AvgIpc) is 2.42. The number of ether oxygens (including phenoxy) is 1. The Hall–Kier alpha value is -1.17. The summed E-state index contributed by atoms with van der Waals surface area (Å²) < 4.78 is 19.0. The van der Waals surface area contributed by atoms with Crippen molar-refractivity contribution in [3.05, 3.63) is 29.6 Å². The van der Waals surface area contributed by atoms with Crippen LogP contribution in [0.15, 0.2) is 18.2 Å². The molecule has 1 aliphatic rings. The molecule has 5 heteroatoms. The molecule has 1 fully saturated rings. The van der Waals surface area contributed by atoms with E-state index in [1.54, 1.807) is 6.07 Å². The summed E-state index contributed by atoms with van der Waals surface area (Å²) in [5.41, 5.74) is 6.58. The van der Waals surface area contributed by atoms with Crippen LogP contribution in [-0.2, 0) is 0 Å². The number of halogens is 1. The maximum atomic E-state index is 13.2. The van der Waals surface area contributed by atoms with Crippen molar-refractivity contribution < 1.29 is 9.13 Å². The Bertz CT molecular complexity index is 431. The van der Waals surface area contributed by atoms with Gasteiger partial charge in [0.25, 0.3) is 0 Å². The van der Waals surface area contributed by atoms with E-state index in [0.717, 1.165) is 38.3 Å². The van der Waals surface area contributed by atoms with Crippen molar-refractivity contribution in [2.45, 2.75) is 13.0 Å². The fourth-order valence-corrected chi connectivity index (χ4v) is 2.36. The van der Waals surface area contributed by atoms with Crippen molar-refractivity contribution in [1.82, 2.24) is 9.80 Å². The monoisotopic (exact) mass is 281 g/mol. The first-order valence-corrected chi connectivity index (χ1v) is 7.15. The van der Waals surface area contributed by atoms with Gasteiger partial charge in [-0.1, -0.05) is 0 Å². The second-order valence-electron chi connectivity index (χ2n) is 5.46. The minimum absolute atomic E-state index is 0.232. The Morgan fingerprint density at radius 2 is 2.00 bits per heavy atom. The molecule has 2 N–H and O–H groups in total. The summed E-state index contributed by atoms with van der Waals surface area (Å²) in [7, 11) is 2.14. The molecule has 0 saturated carbocycles. The van der Waals surface area contributed by atoms with E-state index in [1.165, 1.54) is 12.1 Å². The molecule has 4 nitrogen and oxygen atoms in total. The molecule has 0 bridgehead atoms. The van der Waals surface area contributed by atoms with Crippen LogP contribution in [0.4, 0.5) is 4.39 Å². The third-order valence-corrected chi connectivity index (χ3v) is 3.72. The molecule has 0 aromatic heterocycles. The third-order valence-electron chi connectivity index (χ3n) is 3.72. The molecule has 1 aromatic rings. The fourth-order valence-electron chi connectivity index (χ4n) is 2.36. The first kappa shape index (κ1) is 15.2. The predicted octanol–water partition coefficient (Wildman–Crippen LogP) is 1.47. The summed E-state index contributed by atoms with van der Waals surface area (Å²) in [4.78, 5) is 4.71. The van der Waals surface area contributed by atoms with Crippen LogP contribution in [0.3, 0.4) is 0 Å². The average molecular weight is 281 g/mol. The van der Waals surface area contributed by atoms with Gasteiger partial charge in [-0.15, -0.1) is 0 Å². The summed E-state index contributed by atoms with van der Waals surface area (Å²) >= 11 is 0. The van der Waals surface area contributed by atoms with Gasteiger partial charge in [0.05, 0.1) is 0 Å². The summed E-state index contributed by atoms with van der Waals surface area (Å²) in [6.07, 6.45) is 0. The molecule has 1 saturated heterocycles. The highest BCUT2D eigenvalue weighted by Gasteiger charge is 2.14. The standard InChI is InChI=1S/C15H24FN3O/c1-12(17)14-11-13(16)3-4-15(14)20-10-9-19-7-5-18(2)6-8-19/h3-4,11-12H,5-10,17H2,1-2H3. The zero-order valence-electron chi connectivity index (χ0n) is 12.3. The molecule has 2 rings (SSSR count). The molecule has 0 amide bonds. The highest BCUT2D eigenvalue weighted by Crippen LogP contribution is 2.24. The van der Waals surface area contributed by atoms with E-state index in [9.17, 15) is 4.39 Å². The smallest absolute Gasteiger partial charge is 0.124 e. The van der Waals surface area contributed by atoms with E-state index in [-0.39, 0.29) is 11.9 Å². The third kappa shape index (κ3) is 4.16. The number of rotatable bonds is 5. The SMILES string of the molecule is CC(N)c1cc(F)ccc1OCCN1CCN(C)CC1. The zero-order chi connectivity index (χ0) is 14.5. The van der Waals surface area contributed by atoms with Gasteiger partial charge in [-0.25, -0.2) is 4.39 Å². The highest BCUT2D eigenvalue weighted by atomic mass is 19.1. The molecule has 20 heavy (non-hydrogen) atoms. The summed E-state index contributed by atoms with van der Waals surface area (Å²) in [5.74, 6) is 0.416. The zero-order valence-corrected chi connectivity index (χ0v) is 12.3. The van der Waals surface area contributed by atoms with Crippen molar-refractivity contribution in [3.8, 4) is 5.75 Å². The van der Waals surface area contributed by atoms with E-state index < -0.39 is 0 Å². The second kappa shape index (κ2) is 7.02. The van der Waals surface area contributed by atoms with Gasteiger partial charge >= 0.3 is 0 Å². The molecule has 0 aliphatic carbocycles. The maximum absolute atomic E-state index is 13.2. The van der Waals surface area contributed by atoms with Crippen molar-refractivity contribution in [3.63, 3.8) is 0 Å². The molecule has 1 aromatic carbocycles. The van der Waals surface area contributed by atoms with Crippen molar-refractivity contribution in [2.24, 2.45) is 5.73 Å². The number of hydrogen-bond donors (Lipinski definition) is 1. The van der Waals surface area contributed by atoms with Gasteiger partial charge in [0.1, 0.15) is 18.2 Å². The van der Waals surface area contributed by atoms with Crippen LogP contribution in [0.1, 0.15) is 18.5 Å². The predicted molar refractivity (Wildman–Crippen MR) is 78.4 cm³/mol. The summed E-state index contributed by atoms with van der Waals surface area (Å²) in [6, 6.07) is 4.30. The quantitative estimate of drug-likeness (QED) is 0.887. The highest BCUT2D eigenvalue weighted by molar-refractivity contribution is 5.36. The number of nitrogens with two attached hydrogens (primary N) is 1. The van der Waals surface area contributed by atoms with E-state index >= 15 is 0 Å². The van der Waals surface area contributed by atoms with Crippen LogP contribution >= 0.6 is 0 Å². The van der Waals surface area contributed by atoms with Crippen LogP contribution in [0.2, 0.25) is 0 Å². The molecular formula is C15H24FN3O. The van der Waals surface area contributed by atoms with E-state index in [2.05, 4.69) is 16.8 Å². The lowest BCUT2D eigenvalue weighted by molar-refractivity contribution is 0.133. The lowest BCUT2D eigenvalue weighted by atomic mass is 10.1. The number of nitrogens with zero attached hydrogens (tertiary/aromatic N) is 2. The second-order valence-corrected chi connectivity index (χ2v) is 5.46. The molecule has 112 valence electrons. The normalized spacial score (nSPS) is 19.0. The molecule has 0 radical (unpaired) electrons. The first-order chi connectivity index (χ1) is 9.56. The van der Waals surface area contributed by atoms with Crippen molar-refractivity contribution in [2.75, 3.05) is 46.4 Å². The Morgan fingerprint density at radius 3 is 2.65 bits per heavy atom. The number of piperazine rings is 1. The molecular weight excluding hydrogens is 257 g/mol. The van der Waals surface area contributed by atoms with Crippen LogP contribution in [-0.4, -0.2) is 56.2 Å². The van der Waals surface area contributed by atoms with Crippen LogP contribution in [0, 0.1) is 5.82 Å². The van der Waals surface area contributed by atoms with Gasteiger partial charge in [0.2, 0.25) is 0 Å². The number of likely N-dealkylation sites (N-methyl/N-ethyl adjacent to an activating group) is 1. The lowest BCUT2D eigenvalue weighted by Gasteiger charge is -2.32. The Labute approximate surface area is 120 Å². The summed E-state index contributed by atoms with van der Waals surface area (Å²) in [5, 5.41) is 0. The number of benzene rings is 1. The Kier molecular flexibility index (Phi) is 5.34. The van der Waals surface area contributed by atoms with Crippen LogP contribution in [0.25, 0.3) is 0 Å². The fraction of sp³-hybridized carbons (Fsp3) is 0.600. The summed E-state index contributed by atoms with van der Waals surface area (Å²) in [6.45, 7) is 7.68. The Balaban J connectivity index is 1.85. The van der Waals surface area contributed by atoms with Gasteiger partial charge in [-0.05, 0) is 32.2 Å². The molecule has 0 spiro atoms. The largest absolute Gasteiger partial charge is 0.492 e. The van der Waals surface area contributed by atoms with E-state index in [1.807, 2.05) is 6.92 Å². The minimum atomic E-state index is -0.274. The van der Waals surface area contributed by atoms with Gasteiger partial charge in [-0.2, -0.15) is 0 Å². The van der Waals surface area contributed by atoms with E-state index in [0.29, 0.717) is 12.4 Å². The van der Waals surface area contributed by atoms with Gasteiger partial charge < -0.3 is 15.4 Å². The van der Waals surface area contributed by atoms with Gasteiger partial charge in [0.15, 0.2) is 0 Å². The minimum Gasteiger partial charge on any atom is -0.492 e. The first-order valence-electron chi connectivity index (χ1n) is 7.15. The molecule has 1 unspecified atom stereocenters. The van der Waals surface area contributed by atoms with Gasteiger partial charge in [-0.3, -0.25) is 4.90 Å². The van der Waals surface area contributed by atoms with Crippen LogP contribution in [0.5, 0.6) is 5.75 Å². The molecule has 1 aliphatic heterocycles.